The van der Waals surface area contributed by atoms with E-state index in [1.807, 2.05) is 18.2 Å². The Bertz CT molecular complexity index is 235. The molecule has 11 heavy (non-hydrogen) atoms. The van der Waals surface area contributed by atoms with E-state index in [2.05, 4.69) is 18.6 Å². The van der Waals surface area contributed by atoms with Gasteiger partial charge in [0.05, 0.1) is 0 Å². The van der Waals surface area contributed by atoms with Crippen LogP contribution in [0.3, 0.4) is 0 Å². The first-order chi connectivity index (χ1) is 5.33. The molecule has 0 bridgehead atoms. The van der Waals surface area contributed by atoms with Gasteiger partial charge < -0.3 is 0 Å². The predicted molar refractivity (Wildman–Crippen MR) is 46.5 cm³/mol. The van der Waals surface area contributed by atoms with E-state index < -0.39 is 17.2 Å². The van der Waals surface area contributed by atoms with Gasteiger partial charge >= 0.3 is 85.4 Å². The Hall–Kier alpha value is 0.150. The normalized spacial score (nSPS) is 9.55. The van der Waals surface area contributed by atoms with Crippen LogP contribution in [-0.2, 0) is 0 Å². The first-order valence-corrected chi connectivity index (χ1v) is 10.2. The van der Waals surface area contributed by atoms with E-state index in [9.17, 15) is 4.79 Å². The minimum atomic E-state index is -0.472. The van der Waals surface area contributed by atoms with Gasteiger partial charge in [-0.15, -0.1) is 0 Å². The van der Waals surface area contributed by atoms with Crippen molar-refractivity contribution >= 4 is 22.6 Å². The van der Waals surface area contributed by atoms with E-state index in [1.165, 1.54) is 0 Å². The monoisotopic (exact) mass is 375 g/mol. The number of ether oxygens (including phenoxy) is 1. The Morgan fingerprint density at radius 1 is 1.36 bits per heavy atom. The Morgan fingerprint density at radius 2 is 2.00 bits per heavy atom. The summed E-state index contributed by atoms with van der Waals surface area (Å²) in [6, 6.07) is 9.11. The molecule has 0 aromatic heterocycles. The molecule has 0 radical (unpaired) electrons. The molecule has 4 heteroatoms. The quantitative estimate of drug-likeness (QED) is 0.521. The first kappa shape index (κ1) is 9.24. The second kappa shape index (κ2) is 4.91. The van der Waals surface area contributed by atoms with E-state index >= 15 is 0 Å². The number of rotatable bonds is 2. The summed E-state index contributed by atoms with van der Waals surface area (Å²) in [6.07, 6.45) is 0. The van der Waals surface area contributed by atoms with E-state index in [4.69, 9.17) is 4.74 Å². The maximum atomic E-state index is 10.8. The molecule has 0 aliphatic heterocycles. The van der Waals surface area contributed by atoms with Crippen LogP contribution in [0.25, 0.3) is 0 Å². The zero-order valence-electron chi connectivity index (χ0n) is 5.46. The van der Waals surface area contributed by atoms with Gasteiger partial charge in [-0.3, -0.25) is 0 Å². The third kappa shape index (κ3) is 3.37. The summed E-state index contributed by atoms with van der Waals surface area (Å²) in [6.45, 7) is 0. The van der Waals surface area contributed by atoms with Crippen molar-refractivity contribution in [2.45, 2.75) is 0 Å². The molecule has 0 spiro atoms. The number of halogens is 2. The van der Waals surface area contributed by atoms with E-state index in [1.54, 1.807) is 12.1 Å². The van der Waals surface area contributed by atoms with Crippen molar-refractivity contribution in [2.75, 3.05) is 0 Å². The number of carbonyl (C=O) groups excluding carboxylic acids is 1. The van der Waals surface area contributed by atoms with Crippen molar-refractivity contribution in [2.24, 2.45) is 0 Å². The van der Waals surface area contributed by atoms with Crippen LogP contribution in [0.2, 0.25) is 0 Å². The zero-order valence-corrected chi connectivity index (χ0v) is 9.77. The first-order valence-electron chi connectivity index (χ1n) is 2.85. The number of benzene rings is 1. The summed E-state index contributed by atoms with van der Waals surface area (Å²) in [5.74, 6) is 0.633. The van der Waals surface area contributed by atoms with Gasteiger partial charge in [0.1, 0.15) is 0 Å². The van der Waals surface area contributed by atoms with Gasteiger partial charge in [0, 0.05) is 0 Å². The third-order valence-corrected chi connectivity index (χ3v) is 3.79. The summed E-state index contributed by atoms with van der Waals surface area (Å²) in [5.41, 5.74) is 0. The molecule has 0 N–H and O–H groups in total. The molecule has 0 atom stereocenters. The summed E-state index contributed by atoms with van der Waals surface area (Å²) >= 11 is 1.60. The molecule has 0 heterocycles. The topological polar surface area (TPSA) is 26.3 Å². The molecule has 60 valence electrons. The molecule has 0 saturated heterocycles. The summed E-state index contributed by atoms with van der Waals surface area (Å²) in [4.78, 5) is 10.8. The Morgan fingerprint density at radius 3 is 2.55 bits per heavy atom. The van der Waals surface area contributed by atoms with E-state index in [0.29, 0.717) is 5.75 Å². The SMILES string of the molecule is O=C(Oc1ccccc1)[I-]I. The predicted octanol–water partition coefficient (Wildman–Crippen LogP) is -0.376. The fourth-order valence-corrected chi connectivity index (χ4v) is 1.49. The number of hydrogen-bond donors (Lipinski definition) is 0. The van der Waals surface area contributed by atoms with Crippen LogP contribution < -0.4 is 22.0 Å². The van der Waals surface area contributed by atoms with Crippen molar-refractivity contribution in [3.05, 3.63) is 30.3 Å². The third-order valence-electron chi connectivity index (χ3n) is 1.000. The average molecular weight is 375 g/mol. The Kier molecular flexibility index (Phi) is 4.13. The fourth-order valence-electron chi connectivity index (χ4n) is 0.596. The van der Waals surface area contributed by atoms with Crippen LogP contribution in [0.15, 0.2) is 30.3 Å². The van der Waals surface area contributed by atoms with Gasteiger partial charge in [-0.05, 0) is 0 Å². The molecule has 0 fully saturated rings. The van der Waals surface area contributed by atoms with Crippen molar-refractivity contribution in [1.29, 1.82) is 0 Å². The molecule has 1 rings (SSSR count). The van der Waals surface area contributed by atoms with E-state index in [0.717, 1.165) is 0 Å². The number of carbonyl (C=O) groups is 1. The second-order valence-electron chi connectivity index (χ2n) is 1.72. The molecule has 1 aromatic rings. The molecule has 1 aromatic carbocycles. The van der Waals surface area contributed by atoms with Crippen LogP contribution >= 0.6 is 18.6 Å². The molecule has 0 unspecified atom stereocenters. The van der Waals surface area contributed by atoms with Crippen molar-refractivity contribution < 1.29 is 26.8 Å². The maximum absolute atomic E-state index is 10.8. The molecule has 0 aliphatic rings. The number of hydrogen-bond acceptors (Lipinski definition) is 2. The fraction of sp³-hybridized carbons (Fsp3) is 0. The van der Waals surface area contributed by atoms with Gasteiger partial charge in [-0.2, -0.15) is 0 Å². The summed E-state index contributed by atoms with van der Waals surface area (Å²) in [7, 11) is 0. The molecular weight excluding hydrogens is 370 g/mol. The van der Waals surface area contributed by atoms with Crippen LogP contribution in [0, 0.1) is 0 Å². The van der Waals surface area contributed by atoms with Crippen LogP contribution in [0.5, 0.6) is 5.75 Å². The van der Waals surface area contributed by atoms with Gasteiger partial charge in [0.25, 0.3) is 0 Å². The average Bonchev–Trinajstić information content (AvgIpc) is 2.06. The van der Waals surface area contributed by atoms with Crippen LogP contribution in [-0.4, -0.2) is 3.98 Å². The van der Waals surface area contributed by atoms with Gasteiger partial charge in [-0.1, -0.05) is 0 Å². The summed E-state index contributed by atoms with van der Waals surface area (Å²) < 4.78 is 4.86. The Labute approximate surface area is 84.8 Å². The molecular formula is C7H5I2O2-. The van der Waals surface area contributed by atoms with Crippen molar-refractivity contribution in [3.63, 3.8) is 0 Å². The van der Waals surface area contributed by atoms with Gasteiger partial charge in [0.15, 0.2) is 0 Å². The molecule has 0 aliphatic carbocycles. The van der Waals surface area contributed by atoms with Crippen molar-refractivity contribution in [1.82, 2.24) is 0 Å². The van der Waals surface area contributed by atoms with Gasteiger partial charge in [-0.25, -0.2) is 0 Å². The Balaban J connectivity index is 2.58. The number of para-hydroxylation sites is 1. The van der Waals surface area contributed by atoms with Crippen molar-refractivity contribution in [3.8, 4) is 5.75 Å². The molecule has 2 nitrogen and oxygen atoms in total. The second-order valence-corrected chi connectivity index (χ2v) is 5.75. The van der Waals surface area contributed by atoms with Crippen LogP contribution in [0.4, 0.5) is 4.79 Å². The summed E-state index contributed by atoms with van der Waals surface area (Å²) in [5, 5.41) is 0. The molecule has 0 amide bonds. The van der Waals surface area contributed by atoms with Crippen LogP contribution in [0.1, 0.15) is 0 Å². The standard InChI is InChI=1S/C7H5I2O2/c8-9-7(10)11-6-4-2-1-3-5-6/h1-5H/q-1. The molecule has 0 saturated carbocycles. The minimum absolute atomic E-state index is 0.101. The zero-order chi connectivity index (χ0) is 8.10. The van der Waals surface area contributed by atoms with E-state index in [-0.39, 0.29) is 3.98 Å². The van der Waals surface area contributed by atoms with Gasteiger partial charge in [0.2, 0.25) is 0 Å².